The molecule has 0 N–H and O–H groups in total. The normalized spacial score (nSPS) is 13.2. The van der Waals surface area contributed by atoms with E-state index in [2.05, 4.69) is 181 Å². The molecule has 0 saturated carbocycles. The third-order valence-corrected chi connectivity index (χ3v) is 12.1. The highest BCUT2D eigenvalue weighted by Gasteiger charge is 2.45. The number of thiophene rings is 1. The summed E-state index contributed by atoms with van der Waals surface area (Å²) < 4.78 is 8.91. The molecule has 0 fully saturated rings. The summed E-state index contributed by atoms with van der Waals surface area (Å²) in [6.45, 7) is 0. The standard InChI is InChI=1S/C49H31NOS/c1-3-13-32(14-4-1)49(43-20-10-7-17-37(43)38-18-8-11-21-44(38)49)33-23-26-41-42-30-35(25-28-47(42)52-48(41)29-33)50(34-15-5-2-6-16-34)36-24-27-40-39-19-9-12-22-45(39)51-46(40)31-36/h1-31H. The zero-order valence-electron chi connectivity index (χ0n) is 28.2. The smallest absolute Gasteiger partial charge is 0.137 e. The lowest BCUT2D eigenvalue weighted by Gasteiger charge is -2.33. The van der Waals surface area contributed by atoms with Gasteiger partial charge >= 0.3 is 0 Å². The van der Waals surface area contributed by atoms with E-state index in [1.165, 1.54) is 53.6 Å². The summed E-state index contributed by atoms with van der Waals surface area (Å²) in [4.78, 5) is 2.33. The zero-order valence-corrected chi connectivity index (χ0v) is 29.0. The van der Waals surface area contributed by atoms with E-state index in [-0.39, 0.29) is 0 Å². The molecule has 0 spiro atoms. The van der Waals surface area contributed by atoms with E-state index in [0.717, 1.165) is 39.0 Å². The highest BCUT2D eigenvalue weighted by Crippen LogP contribution is 2.56. The molecule has 2 heterocycles. The van der Waals surface area contributed by atoms with Crippen LogP contribution in [0.5, 0.6) is 0 Å². The van der Waals surface area contributed by atoms with Crippen LogP contribution >= 0.6 is 11.3 Å². The maximum Gasteiger partial charge on any atom is 0.137 e. The molecule has 2 aromatic heterocycles. The molecule has 2 nitrogen and oxygen atoms in total. The Morgan fingerprint density at radius 3 is 1.79 bits per heavy atom. The van der Waals surface area contributed by atoms with Crippen LogP contribution in [0.4, 0.5) is 17.1 Å². The average molecular weight is 682 g/mol. The lowest BCUT2D eigenvalue weighted by atomic mass is 9.67. The molecule has 1 aliphatic rings. The van der Waals surface area contributed by atoms with Gasteiger partial charge in [0.15, 0.2) is 0 Å². The van der Waals surface area contributed by atoms with Gasteiger partial charge in [0.2, 0.25) is 0 Å². The van der Waals surface area contributed by atoms with Gasteiger partial charge in [0.25, 0.3) is 0 Å². The van der Waals surface area contributed by atoms with Crippen molar-refractivity contribution in [2.45, 2.75) is 5.41 Å². The van der Waals surface area contributed by atoms with Crippen molar-refractivity contribution in [1.82, 2.24) is 0 Å². The van der Waals surface area contributed by atoms with E-state index >= 15 is 0 Å². The van der Waals surface area contributed by atoms with Gasteiger partial charge in [0, 0.05) is 54.1 Å². The monoisotopic (exact) mass is 681 g/mol. The first kappa shape index (κ1) is 29.3. The van der Waals surface area contributed by atoms with Gasteiger partial charge in [0.05, 0.1) is 5.41 Å². The molecule has 0 radical (unpaired) electrons. The predicted octanol–water partition coefficient (Wildman–Crippen LogP) is 13.8. The molecule has 0 atom stereocenters. The Morgan fingerprint density at radius 1 is 0.385 bits per heavy atom. The number of hydrogen-bond donors (Lipinski definition) is 0. The van der Waals surface area contributed by atoms with Crippen LogP contribution in [0.25, 0.3) is 53.2 Å². The third kappa shape index (κ3) is 4.17. The molecule has 11 rings (SSSR count). The Balaban J connectivity index is 1.10. The fourth-order valence-electron chi connectivity index (χ4n) is 8.73. The van der Waals surface area contributed by atoms with Crippen molar-refractivity contribution in [2.24, 2.45) is 0 Å². The lowest BCUT2D eigenvalue weighted by molar-refractivity contribution is 0.669. The van der Waals surface area contributed by atoms with Gasteiger partial charge in [-0.15, -0.1) is 11.3 Å². The second-order valence-corrected chi connectivity index (χ2v) is 14.7. The molecule has 0 aliphatic heterocycles. The van der Waals surface area contributed by atoms with E-state index in [1.54, 1.807) is 0 Å². The van der Waals surface area contributed by atoms with E-state index in [9.17, 15) is 0 Å². The minimum atomic E-state index is -0.413. The van der Waals surface area contributed by atoms with Crippen molar-refractivity contribution in [1.29, 1.82) is 0 Å². The van der Waals surface area contributed by atoms with Crippen LogP contribution in [0.3, 0.4) is 0 Å². The van der Waals surface area contributed by atoms with Gasteiger partial charge in [-0.25, -0.2) is 0 Å². The van der Waals surface area contributed by atoms with Crippen LogP contribution in [0.15, 0.2) is 192 Å². The van der Waals surface area contributed by atoms with Crippen LogP contribution in [-0.2, 0) is 5.41 Å². The molecule has 1 aliphatic carbocycles. The first-order valence-corrected chi connectivity index (χ1v) is 18.6. The Hall–Kier alpha value is -6.42. The summed E-state index contributed by atoms with van der Waals surface area (Å²) in [7, 11) is 0. The van der Waals surface area contributed by atoms with E-state index in [0.29, 0.717) is 0 Å². The van der Waals surface area contributed by atoms with Gasteiger partial charge in [-0.1, -0.05) is 127 Å². The maximum atomic E-state index is 6.34. The summed E-state index contributed by atoms with van der Waals surface area (Å²) in [5.41, 5.74) is 12.5. The maximum absolute atomic E-state index is 6.34. The molecule has 0 saturated heterocycles. The lowest BCUT2D eigenvalue weighted by Crippen LogP contribution is -2.28. The molecule has 0 amide bonds. The predicted molar refractivity (Wildman–Crippen MR) is 219 cm³/mol. The van der Waals surface area contributed by atoms with Crippen molar-refractivity contribution in [2.75, 3.05) is 4.90 Å². The van der Waals surface area contributed by atoms with Crippen LogP contribution < -0.4 is 4.90 Å². The largest absolute Gasteiger partial charge is 0.456 e. The third-order valence-electron chi connectivity index (χ3n) is 10.9. The number of para-hydroxylation sites is 2. The second-order valence-electron chi connectivity index (χ2n) is 13.7. The SMILES string of the molecule is c1ccc(N(c2ccc3c(c2)oc2ccccc23)c2ccc3sc4cc(C5(c6ccccc6)c6ccccc6-c6ccccc65)ccc4c3c2)cc1. The van der Waals surface area contributed by atoms with Gasteiger partial charge in [-0.3, -0.25) is 0 Å². The number of hydrogen-bond acceptors (Lipinski definition) is 3. The van der Waals surface area contributed by atoms with Crippen molar-refractivity contribution in [3.63, 3.8) is 0 Å². The van der Waals surface area contributed by atoms with Crippen LogP contribution in [0.2, 0.25) is 0 Å². The molecule has 52 heavy (non-hydrogen) atoms. The van der Waals surface area contributed by atoms with Crippen LogP contribution in [-0.4, -0.2) is 0 Å². The van der Waals surface area contributed by atoms with E-state index in [1.807, 2.05) is 23.5 Å². The molecule has 8 aromatic carbocycles. The van der Waals surface area contributed by atoms with Crippen LogP contribution in [0.1, 0.15) is 22.3 Å². The quantitative estimate of drug-likeness (QED) is 0.180. The van der Waals surface area contributed by atoms with Crippen molar-refractivity contribution in [3.05, 3.63) is 210 Å². The van der Waals surface area contributed by atoms with Crippen molar-refractivity contribution < 1.29 is 4.42 Å². The van der Waals surface area contributed by atoms with Crippen molar-refractivity contribution >= 4 is 70.5 Å². The molecule has 10 aromatic rings. The van der Waals surface area contributed by atoms with E-state index in [4.69, 9.17) is 4.42 Å². The fourth-order valence-corrected chi connectivity index (χ4v) is 9.85. The Bertz CT molecular complexity index is 2930. The Morgan fingerprint density at radius 2 is 1.00 bits per heavy atom. The summed E-state index contributed by atoms with van der Waals surface area (Å²) in [6, 6.07) is 68.5. The van der Waals surface area contributed by atoms with Crippen molar-refractivity contribution in [3.8, 4) is 11.1 Å². The van der Waals surface area contributed by atoms with Gasteiger partial charge < -0.3 is 9.32 Å². The summed E-state index contributed by atoms with van der Waals surface area (Å²) in [6.07, 6.45) is 0. The number of fused-ring (bicyclic) bond motifs is 9. The second kappa shape index (κ2) is 11.3. The molecule has 0 bridgehead atoms. The number of benzene rings is 8. The van der Waals surface area contributed by atoms with Gasteiger partial charge in [0.1, 0.15) is 11.2 Å². The van der Waals surface area contributed by atoms with Gasteiger partial charge in [-0.05, 0) is 88.0 Å². The average Bonchev–Trinajstić information content (AvgIpc) is 3.86. The number of anilines is 3. The molecular weight excluding hydrogens is 651 g/mol. The summed E-state index contributed by atoms with van der Waals surface area (Å²) in [5.74, 6) is 0. The molecule has 244 valence electrons. The Labute approximate surface area is 305 Å². The Kier molecular flexibility index (Phi) is 6.37. The summed E-state index contributed by atoms with van der Waals surface area (Å²) in [5, 5.41) is 4.80. The number of nitrogens with zero attached hydrogens (tertiary/aromatic N) is 1. The van der Waals surface area contributed by atoms with Crippen LogP contribution in [0, 0.1) is 0 Å². The molecule has 0 unspecified atom stereocenters. The highest BCUT2D eigenvalue weighted by molar-refractivity contribution is 7.25. The van der Waals surface area contributed by atoms with E-state index < -0.39 is 5.41 Å². The fraction of sp³-hybridized carbons (Fsp3) is 0.0204. The molecule has 3 heteroatoms. The first-order valence-electron chi connectivity index (χ1n) is 17.8. The van der Waals surface area contributed by atoms with Gasteiger partial charge in [-0.2, -0.15) is 0 Å². The molecular formula is C49H31NOS. The highest BCUT2D eigenvalue weighted by atomic mass is 32.1. The number of rotatable bonds is 5. The number of furan rings is 1. The first-order chi connectivity index (χ1) is 25.8. The summed E-state index contributed by atoms with van der Waals surface area (Å²) >= 11 is 1.87. The minimum absolute atomic E-state index is 0.413. The topological polar surface area (TPSA) is 16.4 Å². The zero-order chi connectivity index (χ0) is 34.2. The minimum Gasteiger partial charge on any atom is -0.456 e.